The zero-order valence-electron chi connectivity index (χ0n) is 9.93. The van der Waals surface area contributed by atoms with E-state index in [1.807, 2.05) is 23.2 Å². The lowest BCUT2D eigenvalue weighted by Gasteiger charge is -2.25. The minimum absolute atomic E-state index is 0.725. The molecular weight excluding hydrogens is 266 g/mol. The van der Waals surface area contributed by atoms with E-state index in [0.717, 1.165) is 41.5 Å². The molecule has 0 aliphatic carbocycles. The van der Waals surface area contributed by atoms with Crippen molar-refractivity contribution in [2.75, 3.05) is 30.0 Å². The van der Waals surface area contributed by atoms with Crippen LogP contribution in [0.1, 0.15) is 5.82 Å². The van der Waals surface area contributed by atoms with Crippen molar-refractivity contribution in [2.24, 2.45) is 5.84 Å². The van der Waals surface area contributed by atoms with Crippen molar-refractivity contribution in [3.8, 4) is 0 Å². The molecule has 1 saturated heterocycles. The molecule has 3 N–H and O–H groups in total. The van der Waals surface area contributed by atoms with Crippen molar-refractivity contribution < 1.29 is 0 Å². The van der Waals surface area contributed by atoms with Crippen molar-refractivity contribution in [2.45, 2.75) is 6.54 Å². The standard InChI is InChI=1S/C11H15N5S2/c12-15-10-8-1-4-18-11(8)14-9(13-10)7-16-2-5-17-6-3-16/h1,4H,2-3,5-7,12H2,(H,13,14,15). The van der Waals surface area contributed by atoms with Crippen LogP contribution in [0.15, 0.2) is 11.4 Å². The van der Waals surface area contributed by atoms with E-state index >= 15 is 0 Å². The Morgan fingerprint density at radius 2 is 2.17 bits per heavy atom. The summed E-state index contributed by atoms with van der Waals surface area (Å²) in [7, 11) is 0. The van der Waals surface area contributed by atoms with Crippen LogP contribution in [-0.2, 0) is 6.54 Å². The smallest absolute Gasteiger partial charge is 0.152 e. The summed E-state index contributed by atoms with van der Waals surface area (Å²) in [4.78, 5) is 12.5. The summed E-state index contributed by atoms with van der Waals surface area (Å²) in [6, 6.07) is 2.00. The molecule has 0 bridgehead atoms. The van der Waals surface area contributed by atoms with Gasteiger partial charge in [-0.1, -0.05) is 0 Å². The number of rotatable bonds is 3. The maximum Gasteiger partial charge on any atom is 0.152 e. The number of aromatic nitrogens is 2. The van der Waals surface area contributed by atoms with E-state index in [1.165, 1.54) is 11.5 Å². The number of hydrogen-bond acceptors (Lipinski definition) is 7. The van der Waals surface area contributed by atoms with Crippen LogP contribution in [-0.4, -0.2) is 39.5 Å². The van der Waals surface area contributed by atoms with Crippen molar-refractivity contribution in [1.29, 1.82) is 0 Å². The predicted octanol–water partition coefficient (Wildman–Crippen LogP) is 1.53. The lowest BCUT2D eigenvalue weighted by molar-refractivity contribution is 0.287. The third kappa shape index (κ3) is 2.44. The fraction of sp³-hybridized carbons (Fsp3) is 0.455. The molecule has 3 rings (SSSR count). The molecule has 1 aliphatic heterocycles. The SMILES string of the molecule is NNc1nc(CN2CCSCC2)nc2sccc12. The average molecular weight is 281 g/mol. The fourth-order valence-electron chi connectivity index (χ4n) is 2.04. The van der Waals surface area contributed by atoms with Crippen LogP contribution in [0, 0.1) is 0 Å². The number of anilines is 1. The Kier molecular flexibility index (Phi) is 3.64. The number of nitrogens with one attached hydrogen (secondary N) is 1. The molecule has 7 heteroatoms. The number of hydrazine groups is 1. The second-order valence-electron chi connectivity index (χ2n) is 4.16. The summed E-state index contributed by atoms with van der Waals surface area (Å²) in [6.45, 7) is 3.03. The molecule has 18 heavy (non-hydrogen) atoms. The molecule has 0 aromatic carbocycles. The van der Waals surface area contributed by atoms with Gasteiger partial charge in [-0.25, -0.2) is 15.8 Å². The quantitative estimate of drug-likeness (QED) is 0.657. The first-order valence-corrected chi connectivity index (χ1v) is 7.91. The molecule has 3 heterocycles. The first kappa shape index (κ1) is 12.2. The van der Waals surface area contributed by atoms with Gasteiger partial charge in [0, 0.05) is 24.6 Å². The molecule has 0 radical (unpaired) electrons. The summed E-state index contributed by atoms with van der Waals surface area (Å²) in [6.07, 6.45) is 0. The van der Waals surface area contributed by atoms with Crippen LogP contribution in [0.4, 0.5) is 5.82 Å². The molecule has 0 saturated carbocycles. The van der Waals surface area contributed by atoms with Crippen molar-refractivity contribution in [1.82, 2.24) is 14.9 Å². The van der Waals surface area contributed by atoms with Crippen molar-refractivity contribution in [3.05, 3.63) is 17.3 Å². The van der Waals surface area contributed by atoms with Gasteiger partial charge >= 0.3 is 0 Å². The summed E-state index contributed by atoms with van der Waals surface area (Å²) in [5, 5.41) is 3.02. The molecule has 0 spiro atoms. The highest BCUT2D eigenvalue weighted by Crippen LogP contribution is 2.25. The summed E-state index contributed by atoms with van der Waals surface area (Å²) in [5.41, 5.74) is 2.67. The van der Waals surface area contributed by atoms with E-state index in [2.05, 4.69) is 20.3 Å². The number of nitrogen functional groups attached to an aromatic ring is 1. The highest BCUT2D eigenvalue weighted by atomic mass is 32.2. The van der Waals surface area contributed by atoms with E-state index in [4.69, 9.17) is 5.84 Å². The number of nitrogens with two attached hydrogens (primary N) is 1. The molecular formula is C11H15N5S2. The molecule has 1 aliphatic rings. The maximum absolute atomic E-state index is 5.52. The Morgan fingerprint density at radius 1 is 1.33 bits per heavy atom. The van der Waals surface area contributed by atoms with Gasteiger partial charge < -0.3 is 5.43 Å². The predicted molar refractivity (Wildman–Crippen MR) is 77.8 cm³/mol. The van der Waals surface area contributed by atoms with Gasteiger partial charge in [0.15, 0.2) is 5.82 Å². The van der Waals surface area contributed by atoms with Crippen LogP contribution in [0.2, 0.25) is 0 Å². The zero-order chi connectivity index (χ0) is 12.4. The third-order valence-electron chi connectivity index (χ3n) is 2.98. The minimum atomic E-state index is 0.725. The Balaban J connectivity index is 1.86. The van der Waals surface area contributed by atoms with Crippen LogP contribution in [0.25, 0.3) is 10.2 Å². The molecule has 2 aromatic rings. The number of hydrogen-bond donors (Lipinski definition) is 2. The molecule has 2 aromatic heterocycles. The highest BCUT2D eigenvalue weighted by Gasteiger charge is 2.14. The van der Waals surface area contributed by atoms with Gasteiger partial charge in [0.25, 0.3) is 0 Å². The number of thioether (sulfide) groups is 1. The molecule has 0 atom stereocenters. The first-order valence-electron chi connectivity index (χ1n) is 5.87. The fourth-order valence-corrected chi connectivity index (χ4v) is 3.80. The second kappa shape index (κ2) is 5.40. The Bertz CT molecular complexity index is 535. The van der Waals surface area contributed by atoms with Gasteiger partial charge in [-0.05, 0) is 11.4 Å². The van der Waals surface area contributed by atoms with Crippen molar-refractivity contribution >= 4 is 39.1 Å². The van der Waals surface area contributed by atoms with Crippen molar-refractivity contribution in [3.63, 3.8) is 0 Å². The van der Waals surface area contributed by atoms with Gasteiger partial charge in [-0.3, -0.25) is 4.90 Å². The normalized spacial score (nSPS) is 17.2. The van der Waals surface area contributed by atoms with Crippen LogP contribution in [0.5, 0.6) is 0 Å². The van der Waals surface area contributed by atoms with E-state index in [1.54, 1.807) is 11.3 Å². The number of fused-ring (bicyclic) bond motifs is 1. The van der Waals surface area contributed by atoms with Crippen LogP contribution < -0.4 is 11.3 Å². The second-order valence-corrected chi connectivity index (χ2v) is 6.28. The van der Waals surface area contributed by atoms with Gasteiger partial charge in [0.2, 0.25) is 0 Å². The molecule has 5 nitrogen and oxygen atoms in total. The molecule has 0 amide bonds. The van der Waals surface area contributed by atoms with E-state index < -0.39 is 0 Å². The summed E-state index contributed by atoms with van der Waals surface area (Å²) >= 11 is 3.63. The Morgan fingerprint density at radius 3 is 2.94 bits per heavy atom. The Hall–Kier alpha value is -0.890. The van der Waals surface area contributed by atoms with Gasteiger partial charge in [-0.15, -0.1) is 11.3 Å². The third-order valence-corrected chi connectivity index (χ3v) is 4.73. The van der Waals surface area contributed by atoms with E-state index in [0.29, 0.717) is 0 Å². The number of nitrogens with zero attached hydrogens (tertiary/aromatic N) is 3. The highest BCUT2D eigenvalue weighted by molar-refractivity contribution is 7.99. The largest absolute Gasteiger partial charge is 0.308 e. The average Bonchev–Trinajstić information content (AvgIpc) is 2.87. The lowest BCUT2D eigenvalue weighted by atomic mass is 10.3. The minimum Gasteiger partial charge on any atom is -0.308 e. The topological polar surface area (TPSA) is 67.1 Å². The number of thiophene rings is 1. The molecule has 0 unspecified atom stereocenters. The zero-order valence-corrected chi connectivity index (χ0v) is 11.6. The summed E-state index contributed by atoms with van der Waals surface area (Å²) in [5.74, 6) is 9.50. The van der Waals surface area contributed by atoms with E-state index in [9.17, 15) is 0 Å². The first-order chi connectivity index (χ1) is 8.86. The van der Waals surface area contributed by atoms with Crippen LogP contribution in [0.3, 0.4) is 0 Å². The van der Waals surface area contributed by atoms with Crippen LogP contribution >= 0.6 is 23.1 Å². The van der Waals surface area contributed by atoms with Gasteiger partial charge in [-0.2, -0.15) is 11.8 Å². The Labute approximate surface area is 114 Å². The summed E-state index contributed by atoms with van der Waals surface area (Å²) < 4.78 is 0. The van der Waals surface area contributed by atoms with E-state index in [-0.39, 0.29) is 0 Å². The monoisotopic (exact) mass is 281 g/mol. The molecule has 96 valence electrons. The molecule has 1 fully saturated rings. The van der Waals surface area contributed by atoms with Gasteiger partial charge in [0.05, 0.1) is 11.9 Å². The lowest BCUT2D eigenvalue weighted by Crippen LogP contribution is -2.32. The van der Waals surface area contributed by atoms with Gasteiger partial charge in [0.1, 0.15) is 10.7 Å². The maximum atomic E-state index is 5.52.